The van der Waals surface area contributed by atoms with Gasteiger partial charge < -0.3 is 14.6 Å². The van der Waals surface area contributed by atoms with E-state index >= 15 is 0 Å². The molecule has 138 valence electrons. The normalized spacial score (nSPS) is 13.8. The van der Waals surface area contributed by atoms with Crippen LogP contribution in [0.1, 0.15) is 29.2 Å². The van der Waals surface area contributed by atoms with Crippen molar-refractivity contribution >= 4 is 29.4 Å². The molecule has 7 heteroatoms. The number of nitrogens with one attached hydrogen (secondary N) is 1. The lowest BCUT2D eigenvalue weighted by Gasteiger charge is -2.02. The third-order valence-electron chi connectivity index (χ3n) is 4.25. The summed E-state index contributed by atoms with van der Waals surface area (Å²) in [5.41, 5.74) is 0.935. The average Bonchev–Trinajstić information content (AvgIpc) is 3.26. The van der Waals surface area contributed by atoms with Crippen LogP contribution in [-0.2, 0) is 11.3 Å². The summed E-state index contributed by atoms with van der Waals surface area (Å²) in [4.78, 5) is 18.1. The Hall–Kier alpha value is -2.93. The van der Waals surface area contributed by atoms with E-state index in [1.165, 1.54) is 0 Å². The van der Waals surface area contributed by atoms with E-state index in [2.05, 4.69) is 15.5 Å². The molecule has 0 atom stereocenters. The van der Waals surface area contributed by atoms with Crippen LogP contribution in [0.5, 0.6) is 5.75 Å². The number of carbonyl (C=O) groups is 1. The molecule has 3 aromatic rings. The summed E-state index contributed by atoms with van der Waals surface area (Å²) >= 11 is 1.55. The fourth-order valence-corrected chi connectivity index (χ4v) is 3.50. The molecule has 1 N–H and O–H groups in total. The van der Waals surface area contributed by atoms with Gasteiger partial charge in [-0.3, -0.25) is 4.79 Å². The lowest BCUT2D eigenvalue weighted by atomic mass is 10.2. The van der Waals surface area contributed by atoms with Gasteiger partial charge in [0.1, 0.15) is 5.75 Å². The fourth-order valence-electron chi connectivity index (χ4n) is 2.63. The topological polar surface area (TPSA) is 77.2 Å². The van der Waals surface area contributed by atoms with Gasteiger partial charge in [0.25, 0.3) is 5.89 Å². The molecule has 2 aromatic heterocycles. The van der Waals surface area contributed by atoms with E-state index in [1.54, 1.807) is 24.5 Å². The maximum absolute atomic E-state index is 11.7. The van der Waals surface area contributed by atoms with Crippen LogP contribution in [0.2, 0.25) is 0 Å². The van der Waals surface area contributed by atoms with Crippen molar-refractivity contribution in [2.24, 2.45) is 5.92 Å². The third-order valence-corrected chi connectivity index (χ3v) is 5.33. The van der Waals surface area contributed by atoms with Crippen molar-refractivity contribution in [2.45, 2.75) is 19.4 Å². The fraction of sp³-hybridized carbons (Fsp3) is 0.250. The van der Waals surface area contributed by atoms with Crippen LogP contribution in [-0.4, -0.2) is 23.2 Å². The van der Waals surface area contributed by atoms with Gasteiger partial charge in [0.2, 0.25) is 11.7 Å². The molecule has 0 bridgehead atoms. The summed E-state index contributed by atoms with van der Waals surface area (Å²) in [6.45, 7) is 0.540. The van der Waals surface area contributed by atoms with Crippen molar-refractivity contribution in [3.8, 4) is 16.5 Å². The number of hydrogen-bond acceptors (Lipinski definition) is 6. The first-order chi connectivity index (χ1) is 13.2. The van der Waals surface area contributed by atoms with Crippen LogP contribution in [0.15, 0.2) is 40.9 Å². The maximum Gasteiger partial charge on any atom is 0.250 e. The number of rotatable bonds is 7. The van der Waals surface area contributed by atoms with Crippen LogP contribution in [0.25, 0.3) is 22.9 Å². The van der Waals surface area contributed by atoms with E-state index in [-0.39, 0.29) is 11.8 Å². The molecule has 1 aliphatic carbocycles. The zero-order chi connectivity index (χ0) is 18.6. The molecule has 4 rings (SSSR count). The number of para-hydroxylation sites is 1. The first-order valence-corrected chi connectivity index (χ1v) is 9.56. The lowest BCUT2D eigenvalue weighted by Crippen LogP contribution is -2.23. The van der Waals surface area contributed by atoms with E-state index in [9.17, 15) is 4.79 Å². The Kier molecular flexibility index (Phi) is 5.02. The van der Waals surface area contributed by atoms with Gasteiger partial charge in [-0.1, -0.05) is 23.4 Å². The van der Waals surface area contributed by atoms with Crippen LogP contribution in [0, 0.1) is 5.92 Å². The molecule has 27 heavy (non-hydrogen) atoms. The molecule has 0 unspecified atom stereocenters. The molecular weight excluding hydrogens is 362 g/mol. The van der Waals surface area contributed by atoms with Gasteiger partial charge in [-0.25, -0.2) is 0 Å². The second-order valence-corrected chi connectivity index (χ2v) is 7.46. The summed E-state index contributed by atoms with van der Waals surface area (Å²) in [7, 11) is 1.64. The Morgan fingerprint density at radius 2 is 2.15 bits per heavy atom. The molecule has 0 radical (unpaired) electrons. The third kappa shape index (κ3) is 4.25. The highest BCUT2D eigenvalue weighted by atomic mass is 32.1. The summed E-state index contributed by atoms with van der Waals surface area (Å²) in [5.74, 6) is 2.12. The molecular formula is C20H19N3O3S. The highest BCUT2D eigenvalue weighted by molar-refractivity contribution is 7.15. The minimum Gasteiger partial charge on any atom is -0.496 e. The number of benzene rings is 1. The van der Waals surface area contributed by atoms with E-state index in [1.807, 2.05) is 42.5 Å². The molecule has 1 amide bonds. The Morgan fingerprint density at radius 3 is 2.96 bits per heavy atom. The average molecular weight is 381 g/mol. The number of thiophene rings is 1. The second-order valence-electron chi connectivity index (χ2n) is 6.29. The summed E-state index contributed by atoms with van der Waals surface area (Å²) < 4.78 is 10.6. The number of carbonyl (C=O) groups excluding carboxylic acids is 1. The molecule has 1 aliphatic rings. The van der Waals surface area contributed by atoms with Crippen LogP contribution >= 0.6 is 11.3 Å². The van der Waals surface area contributed by atoms with Gasteiger partial charge in [0.05, 0.1) is 18.5 Å². The quantitative estimate of drug-likeness (QED) is 0.669. The Morgan fingerprint density at radius 1 is 1.30 bits per heavy atom. The van der Waals surface area contributed by atoms with Crippen LogP contribution in [0.4, 0.5) is 0 Å². The Balaban J connectivity index is 1.41. The maximum atomic E-state index is 11.7. The molecule has 0 saturated heterocycles. The van der Waals surface area contributed by atoms with Crippen molar-refractivity contribution in [1.82, 2.24) is 15.5 Å². The van der Waals surface area contributed by atoms with Crippen molar-refractivity contribution < 1.29 is 14.1 Å². The predicted octanol–water partition coefficient (Wildman–Crippen LogP) is 4.00. The largest absolute Gasteiger partial charge is 0.496 e. The molecule has 2 heterocycles. The van der Waals surface area contributed by atoms with E-state index in [0.29, 0.717) is 18.3 Å². The Labute approximate surface area is 160 Å². The highest BCUT2D eigenvalue weighted by Crippen LogP contribution is 2.30. The molecule has 1 aromatic carbocycles. The first kappa shape index (κ1) is 17.5. The minimum absolute atomic E-state index is 0.147. The van der Waals surface area contributed by atoms with Gasteiger partial charge in [-0.2, -0.15) is 4.98 Å². The van der Waals surface area contributed by atoms with Gasteiger partial charge in [-0.15, -0.1) is 11.3 Å². The van der Waals surface area contributed by atoms with Gasteiger partial charge in [0.15, 0.2) is 0 Å². The lowest BCUT2D eigenvalue weighted by molar-refractivity contribution is -0.122. The number of aromatic nitrogens is 2. The number of amides is 1. The van der Waals surface area contributed by atoms with E-state index in [0.717, 1.165) is 33.9 Å². The summed E-state index contributed by atoms with van der Waals surface area (Å²) in [6.07, 6.45) is 5.66. The zero-order valence-electron chi connectivity index (χ0n) is 14.8. The van der Waals surface area contributed by atoms with E-state index in [4.69, 9.17) is 9.26 Å². The van der Waals surface area contributed by atoms with Crippen molar-refractivity contribution in [2.75, 3.05) is 7.11 Å². The molecule has 6 nitrogen and oxygen atoms in total. The zero-order valence-corrected chi connectivity index (χ0v) is 15.7. The standard InChI is InChI=1S/C20H19N3O3S/c1-25-16-5-3-2-4-13(16)8-11-18-22-19(23-26-18)17-10-9-15(27-17)12-21-20(24)14-6-7-14/h2-5,8-11,14H,6-7,12H2,1H3,(H,21,24). The first-order valence-electron chi connectivity index (χ1n) is 8.74. The Bertz CT molecular complexity index is 972. The van der Waals surface area contributed by atoms with Crippen molar-refractivity contribution in [3.63, 3.8) is 0 Å². The van der Waals surface area contributed by atoms with Gasteiger partial charge >= 0.3 is 0 Å². The van der Waals surface area contributed by atoms with Crippen LogP contribution < -0.4 is 10.1 Å². The minimum atomic E-state index is 0.147. The van der Waals surface area contributed by atoms with Crippen LogP contribution in [0.3, 0.4) is 0 Å². The molecule has 0 aliphatic heterocycles. The highest BCUT2D eigenvalue weighted by Gasteiger charge is 2.29. The molecule has 1 saturated carbocycles. The van der Waals surface area contributed by atoms with Gasteiger partial charge in [0, 0.05) is 22.4 Å². The number of ether oxygens (including phenoxy) is 1. The second kappa shape index (κ2) is 7.75. The predicted molar refractivity (Wildman–Crippen MR) is 104 cm³/mol. The summed E-state index contributed by atoms with van der Waals surface area (Å²) in [5, 5.41) is 7.01. The van der Waals surface area contributed by atoms with Gasteiger partial charge in [-0.05, 0) is 37.1 Å². The smallest absolute Gasteiger partial charge is 0.250 e. The number of nitrogens with zero attached hydrogens (tertiary/aromatic N) is 2. The van der Waals surface area contributed by atoms with Crippen molar-refractivity contribution in [1.29, 1.82) is 0 Å². The summed E-state index contributed by atoms with van der Waals surface area (Å²) in [6, 6.07) is 11.6. The number of methoxy groups -OCH3 is 1. The SMILES string of the molecule is COc1ccccc1C=Cc1nc(-c2ccc(CNC(=O)C3CC3)s2)no1. The van der Waals surface area contributed by atoms with Crippen molar-refractivity contribution in [3.05, 3.63) is 52.7 Å². The monoisotopic (exact) mass is 381 g/mol. The molecule has 1 fully saturated rings. The van der Waals surface area contributed by atoms with E-state index < -0.39 is 0 Å². The molecule has 0 spiro atoms. The number of hydrogen-bond donors (Lipinski definition) is 1.